The first-order chi connectivity index (χ1) is 14.5. The molecular formula is C21H22F2N6O. The fourth-order valence-corrected chi connectivity index (χ4v) is 3.89. The van der Waals surface area contributed by atoms with E-state index in [1.54, 1.807) is 28.9 Å². The number of aromatic nitrogens is 4. The summed E-state index contributed by atoms with van der Waals surface area (Å²) in [5, 5.41) is 12.2. The maximum absolute atomic E-state index is 13.5. The van der Waals surface area contributed by atoms with Crippen molar-refractivity contribution in [2.75, 3.05) is 13.1 Å². The number of carbonyl (C=O) groups excluding carboxylic acids is 1. The number of nitrogens with zero attached hydrogens (tertiary/aromatic N) is 5. The Balaban J connectivity index is 1.65. The number of primary amides is 1. The topological polar surface area (TPSA) is 89.9 Å². The lowest BCUT2D eigenvalue weighted by Crippen LogP contribution is -2.41. The molecule has 0 saturated carbocycles. The second-order valence-electron chi connectivity index (χ2n) is 7.49. The van der Waals surface area contributed by atoms with Crippen LogP contribution in [0, 0.1) is 17.6 Å². The molecule has 0 unspecified atom stereocenters. The Morgan fingerprint density at radius 1 is 1.03 bits per heavy atom. The van der Waals surface area contributed by atoms with E-state index in [0.717, 1.165) is 11.1 Å². The molecule has 7 nitrogen and oxygen atoms in total. The first kappa shape index (κ1) is 20.1. The summed E-state index contributed by atoms with van der Waals surface area (Å²) < 4.78 is 28.4. The highest BCUT2D eigenvalue weighted by atomic mass is 19.1. The lowest BCUT2D eigenvalue weighted by Gasteiger charge is -2.36. The molecule has 0 aliphatic carbocycles. The van der Waals surface area contributed by atoms with Gasteiger partial charge in [-0.2, -0.15) is 0 Å². The van der Waals surface area contributed by atoms with E-state index in [4.69, 9.17) is 5.73 Å². The van der Waals surface area contributed by atoms with Gasteiger partial charge in [0.05, 0.1) is 12.6 Å². The molecule has 0 radical (unpaired) electrons. The Hall–Kier alpha value is -3.20. The van der Waals surface area contributed by atoms with Crippen molar-refractivity contribution in [2.24, 2.45) is 11.7 Å². The van der Waals surface area contributed by atoms with Crippen LogP contribution in [-0.2, 0) is 11.3 Å². The largest absolute Gasteiger partial charge is 0.369 e. The highest BCUT2D eigenvalue weighted by Crippen LogP contribution is 2.31. The van der Waals surface area contributed by atoms with Gasteiger partial charge < -0.3 is 5.73 Å². The van der Waals surface area contributed by atoms with Gasteiger partial charge >= 0.3 is 0 Å². The first-order valence-electron chi connectivity index (χ1n) is 9.80. The summed E-state index contributed by atoms with van der Waals surface area (Å²) in [6, 6.07) is 12.1. The summed E-state index contributed by atoms with van der Waals surface area (Å²) in [5.41, 5.74) is 7.18. The molecule has 1 amide bonds. The van der Waals surface area contributed by atoms with Crippen LogP contribution >= 0.6 is 0 Å². The number of hydrogen-bond donors (Lipinski definition) is 1. The van der Waals surface area contributed by atoms with Crippen LogP contribution in [0.4, 0.5) is 8.78 Å². The van der Waals surface area contributed by atoms with Crippen molar-refractivity contribution < 1.29 is 13.6 Å². The quantitative estimate of drug-likeness (QED) is 0.671. The van der Waals surface area contributed by atoms with Crippen LogP contribution in [0.1, 0.15) is 35.8 Å². The lowest BCUT2D eigenvalue weighted by atomic mass is 9.93. The molecule has 1 fully saturated rings. The van der Waals surface area contributed by atoms with E-state index >= 15 is 0 Å². The third-order valence-corrected chi connectivity index (χ3v) is 5.53. The van der Waals surface area contributed by atoms with Crippen molar-refractivity contribution >= 4 is 5.91 Å². The Morgan fingerprint density at radius 2 is 1.63 bits per heavy atom. The van der Waals surface area contributed by atoms with Crippen molar-refractivity contribution in [3.8, 4) is 0 Å². The van der Waals surface area contributed by atoms with Gasteiger partial charge in [0.2, 0.25) is 5.91 Å². The Bertz CT molecular complexity index is 997. The number of likely N-dealkylation sites (tertiary alicyclic amines) is 1. The van der Waals surface area contributed by atoms with Crippen LogP contribution < -0.4 is 5.73 Å². The van der Waals surface area contributed by atoms with Gasteiger partial charge in [-0.25, -0.2) is 13.5 Å². The van der Waals surface area contributed by atoms with Crippen molar-refractivity contribution in [3.05, 3.63) is 77.1 Å². The van der Waals surface area contributed by atoms with E-state index < -0.39 is 0 Å². The van der Waals surface area contributed by atoms with Crippen LogP contribution in [-0.4, -0.2) is 44.1 Å². The van der Waals surface area contributed by atoms with Crippen LogP contribution in [0.25, 0.3) is 0 Å². The average molecular weight is 412 g/mol. The van der Waals surface area contributed by atoms with Gasteiger partial charge in [-0.1, -0.05) is 24.3 Å². The number of amides is 1. The molecule has 1 atom stereocenters. The highest BCUT2D eigenvalue weighted by molar-refractivity contribution is 5.76. The number of benzene rings is 2. The van der Waals surface area contributed by atoms with E-state index in [1.165, 1.54) is 24.3 Å². The van der Waals surface area contributed by atoms with Crippen LogP contribution in [0.15, 0.2) is 48.5 Å². The maximum atomic E-state index is 13.5. The lowest BCUT2D eigenvalue weighted by molar-refractivity contribution is -0.123. The number of rotatable bonds is 6. The summed E-state index contributed by atoms with van der Waals surface area (Å²) in [6.45, 7) is 1.65. The second-order valence-corrected chi connectivity index (χ2v) is 7.49. The highest BCUT2D eigenvalue weighted by Gasteiger charge is 2.32. The fourth-order valence-electron chi connectivity index (χ4n) is 3.89. The van der Waals surface area contributed by atoms with Crippen molar-refractivity contribution in [1.29, 1.82) is 0 Å². The molecule has 9 heteroatoms. The smallest absolute Gasteiger partial charge is 0.220 e. The summed E-state index contributed by atoms with van der Waals surface area (Å²) in [5.74, 6) is -0.462. The van der Waals surface area contributed by atoms with Crippen LogP contribution in [0.3, 0.4) is 0 Å². The number of nitrogens with two attached hydrogens (primary N) is 1. The molecule has 156 valence electrons. The molecule has 4 rings (SSSR count). The van der Waals surface area contributed by atoms with E-state index in [0.29, 0.717) is 38.3 Å². The molecule has 1 aliphatic rings. The number of piperidine rings is 1. The van der Waals surface area contributed by atoms with E-state index in [1.807, 2.05) is 0 Å². The Morgan fingerprint density at radius 3 is 2.23 bits per heavy atom. The molecule has 0 spiro atoms. The fraction of sp³-hybridized carbons (Fsp3) is 0.333. The summed E-state index contributed by atoms with van der Waals surface area (Å²) in [7, 11) is 0. The number of tetrazole rings is 1. The van der Waals surface area contributed by atoms with E-state index in [-0.39, 0.29) is 29.5 Å². The van der Waals surface area contributed by atoms with Gasteiger partial charge in [-0.05, 0) is 71.8 Å². The second kappa shape index (κ2) is 8.66. The SMILES string of the molecule is NC(=O)C1CCN([C@H](c2ccc(F)cc2)c2nnnn2Cc2ccc(F)cc2)CC1. The van der Waals surface area contributed by atoms with Crippen molar-refractivity contribution in [3.63, 3.8) is 0 Å². The Kier molecular flexibility index (Phi) is 5.80. The zero-order valence-electron chi connectivity index (χ0n) is 16.3. The van der Waals surface area contributed by atoms with Gasteiger partial charge in [0.1, 0.15) is 11.6 Å². The summed E-state index contributed by atoms with van der Waals surface area (Å²) in [6.07, 6.45) is 1.29. The Labute approximate surface area is 172 Å². The standard InChI is InChI=1S/C21H22F2N6O/c22-17-5-1-14(2-6-17)13-29-21(25-26-27-29)19(15-3-7-18(23)8-4-15)28-11-9-16(10-12-28)20(24)30/h1-8,16,19H,9-13H2,(H2,24,30)/t19-/m1/s1. The van der Waals surface area contributed by atoms with Crippen molar-refractivity contribution in [1.82, 2.24) is 25.1 Å². The van der Waals surface area contributed by atoms with Gasteiger partial charge in [0.25, 0.3) is 0 Å². The van der Waals surface area contributed by atoms with Gasteiger partial charge in [-0.3, -0.25) is 9.69 Å². The zero-order chi connectivity index (χ0) is 21.1. The molecule has 2 aromatic carbocycles. The molecule has 30 heavy (non-hydrogen) atoms. The number of hydrogen-bond acceptors (Lipinski definition) is 5. The molecule has 3 aromatic rings. The predicted molar refractivity (Wildman–Crippen MR) is 105 cm³/mol. The van der Waals surface area contributed by atoms with Gasteiger partial charge in [-0.15, -0.1) is 5.10 Å². The van der Waals surface area contributed by atoms with E-state index in [9.17, 15) is 13.6 Å². The van der Waals surface area contributed by atoms with Gasteiger partial charge in [0, 0.05) is 5.92 Å². The third kappa shape index (κ3) is 4.35. The van der Waals surface area contributed by atoms with E-state index in [2.05, 4.69) is 20.4 Å². The molecule has 0 bridgehead atoms. The molecule has 1 saturated heterocycles. The minimum absolute atomic E-state index is 0.148. The molecule has 2 heterocycles. The maximum Gasteiger partial charge on any atom is 0.220 e. The number of carbonyl (C=O) groups is 1. The van der Waals surface area contributed by atoms with Crippen molar-refractivity contribution in [2.45, 2.75) is 25.4 Å². The third-order valence-electron chi connectivity index (χ3n) is 5.53. The minimum atomic E-state index is -0.323. The molecular weight excluding hydrogens is 390 g/mol. The summed E-state index contributed by atoms with van der Waals surface area (Å²) >= 11 is 0. The van der Waals surface area contributed by atoms with Gasteiger partial charge in [0.15, 0.2) is 5.82 Å². The molecule has 1 aliphatic heterocycles. The first-order valence-corrected chi connectivity index (χ1v) is 9.80. The molecule has 1 aromatic heterocycles. The van der Waals surface area contributed by atoms with Crippen LogP contribution in [0.5, 0.6) is 0 Å². The average Bonchev–Trinajstić information content (AvgIpc) is 3.19. The normalized spacial score (nSPS) is 16.5. The zero-order valence-corrected chi connectivity index (χ0v) is 16.3. The number of halogens is 2. The molecule has 2 N–H and O–H groups in total. The monoisotopic (exact) mass is 412 g/mol. The predicted octanol–water partition coefficient (Wildman–Crippen LogP) is 2.29. The summed E-state index contributed by atoms with van der Waals surface area (Å²) in [4.78, 5) is 13.7. The minimum Gasteiger partial charge on any atom is -0.369 e. The van der Waals surface area contributed by atoms with Crippen LogP contribution in [0.2, 0.25) is 0 Å².